The van der Waals surface area contributed by atoms with Crippen LogP contribution in [0.5, 0.6) is 5.75 Å². The van der Waals surface area contributed by atoms with Crippen LogP contribution < -0.4 is 4.74 Å². The van der Waals surface area contributed by atoms with Crippen LogP contribution in [0.25, 0.3) is 0 Å². The molecule has 90 valence electrons. The van der Waals surface area contributed by atoms with E-state index in [1.54, 1.807) is 0 Å². The molecule has 5 nitrogen and oxygen atoms in total. The molecule has 1 aromatic heterocycles. The summed E-state index contributed by atoms with van der Waals surface area (Å²) in [5.74, 6) is 0.665. The van der Waals surface area contributed by atoms with Crippen molar-refractivity contribution in [2.45, 2.75) is 26.1 Å². The fraction of sp³-hybridized carbons (Fsp3) is 0.333. The minimum atomic E-state index is -0.830. The largest absolute Gasteiger partial charge is 0.491 e. The fourth-order valence-electron chi connectivity index (χ4n) is 1.57. The lowest BCUT2D eigenvalue weighted by atomic mass is 10.1. The number of aliphatic hydroxyl groups excluding tert-OH is 1. The lowest BCUT2D eigenvalue weighted by Crippen LogP contribution is -2.10. The van der Waals surface area contributed by atoms with Gasteiger partial charge in [0.25, 0.3) is 0 Å². The Hall–Kier alpha value is -1.88. The van der Waals surface area contributed by atoms with Gasteiger partial charge in [0.15, 0.2) is 0 Å². The molecule has 1 atom stereocenters. The van der Waals surface area contributed by atoms with Crippen LogP contribution >= 0.6 is 0 Å². The Morgan fingerprint density at radius 2 is 2.06 bits per heavy atom. The average Bonchev–Trinajstić information content (AvgIpc) is 2.81. The molecule has 17 heavy (non-hydrogen) atoms. The van der Waals surface area contributed by atoms with Gasteiger partial charge in [0.05, 0.1) is 12.3 Å². The van der Waals surface area contributed by atoms with Gasteiger partial charge in [0, 0.05) is 5.56 Å². The Balaban J connectivity index is 2.31. The van der Waals surface area contributed by atoms with Crippen LogP contribution in [-0.4, -0.2) is 26.6 Å². The first-order valence-electron chi connectivity index (χ1n) is 5.48. The van der Waals surface area contributed by atoms with Gasteiger partial charge < -0.3 is 9.84 Å². The van der Waals surface area contributed by atoms with Crippen molar-refractivity contribution in [2.24, 2.45) is 0 Å². The molecule has 2 rings (SSSR count). The summed E-state index contributed by atoms with van der Waals surface area (Å²) in [4.78, 5) is 0. The second kappa shape index (κ2) is 4.97. The number of nitrogens with zero attached hydrogens (tertiary/aromatic N) is 2. The molecule has 0 saturated carbocycles. The fourth-order valence-corrected chi connectivity index (χ4v) is 1.57. The number of benzene rings is 1. The molecule has 5 heteroatoms. The van der Waals surface area contributed by atoms with Crippen molar-refractivity contribution in [3.8, 4) is 5.75 Å². The highest BCUT2D eigenvalue weighted by Crippen LogP contribution is 2.29. The van der Waals surface area contributed by atoms with Crippen molar-refractivity contribution >= 4 is 0 Å². The number of aliphatic hydroxyl groups is 1. The van der Waals surface area contributed by atoms with E-state index >= 15 is 0 Å². The van der Waals surface area contributed by atoms with Gasteiger partial charge in [0.2, 0.25) is 0 Å². The van der Waals surface area contributed by atoms with Crippen LogP contribution in [0, 0.1) is 0 Å². The smallest absolute Gasteiger partial charge is 0.128 e. The molecule has 0 aliphatic carbocycles. The van der Waals surface area contributed by atoms with E-state index in [0.717, 1.165) is 0 Å². The van der Waals surface area contributed by atoms with Crippen LogP contribution in [0.2, 0.25) is 0 Å². The first-order chi connectivity index (χ1) is 8.18. The first-order valence-corrected chi connectivity index (χ1v) is 5.48. The SMILES string of the molecule is CC(C)Oc1ccccc1C(O)c1cn[nH]n1. The Morgan fingerprint density at radius 3 is 2.71 bits per heavy atom. The van der Waals surface area contributed by atoms with Gasteiger partial charge in [-0.3, -0.25) is 0 Å². The summed E-state index contributed by atoms with van der Waals surface area (Å²) in [7, 11) is 0. The third kappa shape index (κ3) is 2.62. The van der Waals surface area contributed by atoms with Gasteiger partial charge in [-0.2, -0.15) is 15.4 Å². The molecule has 0 aliphatic rings. The van der Waals surface area contributed by atoms with Gasteiger partial charge in [-0.05, 0) is 19.9 Å². The maximum absolute atomic E-state index is 10.2. The summed E-state index contributed by atoms with van der Waals surface area (Å²) in [5.41, 5.74) is 1.17. The van der Waals surface area contributed by atoms with Crippen LogP contribution in [0.15, 0.2) is 30.5 Å². The Bertz CT molecular complexity index is 468. The molecule has 2 N–H and O–H groups in total. The Morgan fingerprint density at radius 1 is 1.29 bits per heavy atom. The molecular formula is C12H15N3O2. The predicted molar refractivity (Wildman–Crippen MR) is 62.7 cm³/mol. The number of hydrogen-bond acceptors (Lipinski definition) is 4. The maximum Gasteiger partial charge on any atom is 0.128 e. The number of H-pyrrole nitrogens is 1. The summed E-state index contributed by atoms with van der Waals surface area (Å²) < 4.78 is 5.65. The highest BCUT2D eigenvalue weighted by molar-refractivity contribution is 5.38. The maximum atomic E-state index is 10.2. The second-order valence-electron chi connectivity index (χ2n) is 4.00. The van der Waals surface area contributed by atoms with E-state index in [4.69, 9.17) is 4.74 Å². The molecule has 0 amide bonds. The van der Waals surface area contributed by atoms with Crippen molar-refractivity contribution in [1.82, 2.24) is 15.4 Å². The van der Waals surface area contributed by atoms with Crippen LogP contribution in [-0.2, 0) is 0 Å². The number of ether oxygens (including phenoxy) is 1. The first kappa shape index (κ1) is 11.6. The zero-order valence-corrected chi connectivity index (χ0v) is 9.79. The minimum absolute atomic E-state index is 0.0562. The highest BCUT2D eigenvalue weighted by atomic mass is 16.5. The second-order valence-corrected chi connectivity index (χ2v) is 4.00. The molecule has 0 spiro atoms. The van der Waals surface area contributed by atoms with Gasteiger partial charge in [0.1, 0.15) is 17.5 Å². The molecule has 0 aliphatic heterocycles. The van der Waals surface area contributed by atoms with Crippen molar-refractivity contribution in [2.75, 3.05) is 0 Å². The van der Waals surface area contributed by atoms with Gasteiger partial charge in [-0.25, -0.2) is 0 Å². The normalized spacial score (nSPS) is 12.7. The number of nitrogens with one attached hydrogen (secondary N) is 1. The molecule has 0 radical (unpaired) electrons. The Kier molecular flexibility index (Phi) is 3.39. The van der Waals surface area contributed by atoms with Gasteiger partial charge in [-0.15, -0.1) is 0 Å². The Labute approximate surface area is 99.4 Å². The van der Waals surface area contributed by atoms with Crippen molar-refractivity contribution in [3.63, 3.8) is 0 Å². The number of rotatable bonds is 4. The summed E-state index contributed by atoms with van der Waals surface area (Å²) in [5, 5.41) is 20.2. The van der Waals surface area contributed by atoms with Crippen molar-refractivity contribution in [1.29, 1.82) is 0 Å². The zero-order valence-electron chi connectivity index (χ0n) is 9.79. The molecule has 1 heterocycles. The monoisotopic (exact) mass is 233 g/mol. The average molecular weight is 233 g/mol. The van der Waals surface area contributed by atoms with Crippen LogP contribution in [0.3, 0.4) is 0 Å². The molecule has 2 aromatic rings. The quantitative estimate of drug-likeness (QED) is 0.842. The molecule has 0 bridgehead atoms. The lowest BCUT2D eigenvalue weighted by Gasteiger charge is -2.16. The number of aromatic nitrogens is 3. The van der Waals surface area contributed by atoms with Gasteiger partial charge >= 0.3 is 0 Å². The van der Waals surface area contributed by atoms with Gasteiger partial charge in [-0.1, -0.05) is 18.2 Å². The van der Waals surface area contributed by atoms with E-state index in [1.807, 2.05) is 38.1 Å². The molecule has 0 fully saturated rings. The molecule has 0 saturated heterocycles. The number of hydrogen-bond donors (Lipinski definition) is 2. The van der Waals surface area contributed by atoms with E-state index < -0.39 is 6.10 Å². The van der Waals surface area contributed by atoms with E-state index in [1.165, 1.54) is 6.20 Å². The predicted octanol–water partition coefficient (Wildman–Crippen LogP) is 1.67. The van der Waals surface area contributed by atoms with E-state index in [0.29, 0.717) is 17.0 Å². The third-order valence-corrected chi connectivity index (χ3v) is 2.29. The molecule has 1 aromatic carbocycles. The lowest BCUT2D eigenvalue weighted by molar-refractivity contribution is 0.194. The van der Waals surface area contributed by atoms with Crippen molar-refractivity contribution < 1.29 is 9.84 Å². The van der Waals surface area contributed by atoms with E-state index in [-0.39, 0.29) is 6.10 Å². The third-order valence-electron chi connectivity index (χ3n) is 2.29. The van der Waals surface area contributed by atoms with Crippen LogP contribution in [0.1, 0.15) is 31.2 Å². The summed E-state index contributed by atoms with van der Waals surface area (Å²) in [6.45, 7) is 3.89. The number of aromatic amines is 1. The summed E-state index contributed by atoms with van der Waals surface area (Å²) >= 11 is 0. The topological polar surface area (TPSA) is 71.0 Å². The molecular weight excluding hydrogens is 218 g/mol. The van der Waals surface area contributed by atoms with Crippen LogP contribution in [0.4, 0.5) is 0 Å². The highest BCUT2D eigenvalue weighted by Gasteiger charge is 2.17. The standard InChI is InChI=1S/C12H15N3O2/c1-8(2)17-11-6-4-3-5-9(11)12(16)10-7-13-15-14-10/h3-8,12,16H,1-2H3,(H,13,14,15). The zero-order chi connectivity index (χ0) is 12.3. The molecule has 1 unspecified atom stereocenters. The van der Waals surface area contributed by atoms with E-state index in [9.17, 15) is 5.11 Å². The van der Waals surface area contributed by atoms with Crippen molar-refractivity contribution in [3.05, 3.63) is 41.7 Å². The minimum Gasteiger partial charge on any atom is -0.491 e. The number of para-hydroxylation sites is 1. The summed E-state index contributed by atoms with van der Waals surface area (Å²) in [6.07, 6.45) is 0.723. The van der Waals surface area contributed by atoms with E-state index in [2.05, 4.69) is 15.4 Å². The summed E-state index contributed by atoms with van der Waals surface area (Å²) in [6, 6.07) is 7.37.